The van der Waals surface area contributed by atoms with Crippen molar-refractivity contribution in [3.63, 3.8) is 0 Å². The van der Waals surface area contributed by atoms with Gasteiger partial charge < -0.3 is 10.1 Å². The standard InChI is InChI=1S/C16H19NO/c1-16(10-5-11-17-12-16)18-15-9-4-7-13-6-2-3-8-14(13)15/h2-4,6-9,17H,5,10-12H2,1H3. The van der Waals surface area contributed by atoms with E-state index in [0.29, 0.717) is 0 Å². The second-order valence-corrected chi connectivity index (χ2v) is 5.31. The Hall–Kier alpha value is -1.54. The SMILES string of the molecule is CC1(Oc2cccc3ccccc23)CCCNC1. The number of hydrogen-bond acceptors (Lipinski definition) is 2. The third-order valence-electron chi connectivity index (χ3n) is 3.66. The molecule has 2 aromatic rings. The first-order chi connectivity index (χ1) is 8.77. The van der Waals surface area contributed by atoms with Gasteiger partial charge in [-0.25, -0.2) is 0 Å². The monoisotopic (exact) mass is 241 g/mol. The molecule has 2 aromatic carbocycles. The van der Waals surface area contributed by atoms with E-state index in [2.05, 4.69) is 54.7 Å². The van der Waals surface area contributed by atoms with E-state index >= 15 is 0 Å². The zero-order valence-electron chi connectivity index (χ0n) is 10.8. The van der Waals surface area contributed by atoms with Crippen LogP contribution in [0, 0.1) is 0 Å². The molecule has 18 heavy (non-hydrogen) atoms. The molecule has 3 rings (SSSR count). The second kappa shape index (κ2) is 4.62. The number of benzene rings is 2. The molecular formula is C16H19NO. The van der Waals surface area contributed by atoms with E-state index in [1.165, 1.54) is 17.2 Å². The van der Waals surface area contributed by atoms with Gasteiger partial charge >= 0.3 is 0 Å². The molecule has 0 amide bonds. The third-order valence-corrected chi connectivity index (χ3v) is 3.66. The average Bonchev–Trinajstić information content (AvgIpc) is 2.40. The van der Waals surface area contributed by atoms with Crippen LogP contribution < -0.4 is 10.1 Å². The van der Waals surface area contributed by atoms with E-state index in [-0.39, 0.29) is 5.60 Å². The summed E-state index contributed by atoms with van der Waals surface area (Å²) < 4.78 is 6.29. The van der Waals surface area contributed by atoms with Gasteiger partial charge in [-0.05, 0) is 37.8 Å². The van der Waals surface area contributed by atoms with Crippen LogP contribution in [0.5, 0.6) is 5.75 Å². The fourth-order valence-corrected chi connectivity index (χ4v) is 2.67. The highest BCUT2D eigenvalue weighted by molar-refractivity contribution is 5.88. The molecule has 2 nitrogen and oxygen atoms in total. The molecule has 1 aliphatic rings. The molecule has 0 aromatic heterocycles. The largest absolute Gasteiger partial charge is 0.486 e. The summed E-state index contributed by atoms with van der Waals surface area (Å²) in [6, 6.07) is 14.7. The Bertz CT molecular complexity index is 538. The van der Waals surface area contributed by atoms with Crippen LogP contribution in [0.3, 0.4) is 0 Å². The molecule has 94 valence electrons. The Balaban J connectivity index is 1.94. The molecule has 0 bridgehead atoms. The third kappa shape index (κ3) is 2.21. The van der Waals surface area contributed by atoms with Crippen LogP contribution >= 0.6 is 0 Å². The van der Waals surface area contributed by atoms with Crippen molar-refractivity contribution < 1.29 is 4.74 Å². The van der Waals surface area contributed by atoms with Crippen molar-refractivity contribution in [3.8, 4) is 5.75 Å². The van der Waals surface area contributed by atoms with E-state index in [9.17, 15) is 0 Å². The summed E-state index contributed by atoms with van der Waals surface area (Å²) >= 11 is 0. The maximum absolute atomic E-state index is 6.29. The quantitative estimate of drug-likeness (QED) is 0.870. The van der Waals surface area contributed by atoms with Gasteiger partial charge in [0.05, 0.1) is 0 Å². The predicted octanol–water partition coefficient (Wildman–Crippen LogP) is 3.36. The number of hydrogen-bond donors (Lipinski definition) is 1. The van der Waals surface area contributed by atoms with Gasteiger partial charge in [0.2, 0.25) is 0 Å². The van der Waals surface area contributed by atoms with Crippen molar-refractivity contribution in [2.24, 2.45) is 0 Å². The number of ether oxygens (including phenoxy) is 1. The smallest absolute Gasteiger partial charge is 0.128 e. The number of fused-ring (bicyclic) bond motifs is 1. The lowest BCUT2D eigenvalue weighted by molar-refractivity contribution is 0.0631. The topological polar surface area (TPSA) is 21.3 Å². The van der Waals surface area contributed by atoms with Crippen molar-refractivity contribution >= 4 is 10.8 Å². The molecule has 0 aliphatic carbocycles. The summed E-state index contributed by atoms with van der Waals surface area (Å²) in [4.78, 5) is 0. The van der Waals surface area contributed by atoms with Crippen LogP contribution in [0.4, 0.5) is 0 Å². The Morgan fingerprint density at radius 1 is 1.11 bits per heavy atom. The maximum Gasteiger partial charge on any atom is 0.128 e. The highest BCUT2D eigenvalue weighted by atomic mass is 16.5. The summed E-state index contributed by atoms with van der Waals surface area (Å²) in [5, 5.41) is 5.86. The Labute approximate surface area is 108 Å². The van der Waals surface area contributed by atoms with Gasteiger partial charge in [-0.15, -0.1) is 0 Å². The minimum absolute atomic E-state index is 0.0810. The zero-order chi connectivity index (χ0) is 12.4. The van der Waals surface area contributed by atoms with Crippen LogP contribution in [-0.2, 0) is 0 Å². The van der Waals surface area contributed by atoms with Crippen molar-refractivity contribution in [3.05, 3.63) is 42.5 Å². The van der Waals surface area contributed by atoms with E-state index in [1.54, 1.807) is 0 Å². The van der Waals surface area contributed by atoms with E-state index in [0.717, 1.165) is 25.3 Å². The van der Waals surface area contributed by atoms with Crippen molar-refractivity contribution in [2.75, 3.05) is 13.1 Å². The molecule has 0 spiro atoms. The summed E-state index contributed by atoms with van der Waals surface area (Å²) in [6.45, 7) is 4.23. The van der Waals surface area contributed by atoms with E-state index in [4.69, 9.17) is 4.74 Å². The summed E-state index contributed by atoms with van der Waals surface area (Å²) in [5.74, 6) is 0.999. The van der Waals surface area contributed by atoms with Crippen LogP contribution in [0.2, 0.25) is 0 Å². The lowest BCUT2D eigenvalue weighted by Crippen LogP contribution is -2.47. The molecule has 1 N–H and O–H groups in total. The molecule has 1 saturated heterocycles. The molecule has 1 atom stereocenters. The Morgan fingerprint density at radius 3 is 2.78 bits per heavy atom. The fraction of sp³-hybridized carbons (Fsp3) is 0.375. The van der Waals surface area contributed by atoms with Gasteiger partial charge in [-0.2, -0.15) is 0 Å². The highest BCUT2D eigenvalue weighted by Crippen LogP contribution is 2.30. The zero-order valence-corrected chi connectivity index (χ0v) is 10.8. The van der Waals surface area contributed by atoms with Gasteiger partial charge in [0.15, 0.2) is 0 Å². The predicted molar refractivity (Wildman–Crippen MR) is 75.1 cm³/mol. The highest BCUT2D eigenvalue weighted by Gasteiger charge is 2.29. The van der Waals surface area contributed by atoms with Crippen molar-refractivity contribution in [1.29, 1.82) is 0 Å². The van der Waals surface area contributed by atoms with Crippen LogP contribution in [-0.4, -0.2) is 18.7 Å². The molecule has 1 heterocycles. The van der Waals surface area contributed by atoms with Crippen LogP contribution in [0.1, 0.15) is 19.8 Å². The second-order valence-electron chi connectivity index (χ2n) is 5.31. The lowest BCUT2D eigenvalue weighted by Gasteiger charge is -2.35. The first-order valence-electron chi connectivity index (χ1n) is 6.64. The Kier molecular flexibility index (Phi) is 2.96. The summed E-state index contributed by atoms with van der Waals surface area (Å²) in [6.07, 6.45) is 2.30. The number of piperidine rings is 1. The van der Waals surface area contributed by atoms with Gasteiger partial charge in [-0.3, -0.25) is 0 Å². The number of rotatable bonds is 2. The molecule has 1 aliphatic heterocycles. The summed E-state index contributed by atoms with van der Waals surface area (Å²) in [7, 11) is 0. The molecule has 0 saturated carbocycles. The van der Waals surface area contributed by atoms with Gasteiger partial charge in [0.25, 0.3) is 0 Å². The van der Waals surface area contributed by atoms with Crippen molar-refractivity contribution in [2.45, 2.75) is 25.4 Å². The molecule has 2 heteroatoms. The van der Waals surface area contributed by atoms with Gasteiger partial charge in [-0.1, -0.05) is 36.4 Å². The van der Waals surface area contributed by atoms with Crippen LogP contribution in [0.25, 0.3) is 10.8 Å². The minimum atomic E-state index is -0.0810. The Morgan fingerprint density at radius 2 is 1.94 bits per heavy atom. The van der Waals surface area contributed by atoms with Crippen molar-refractivity contribution in [1.82, 2.24) is 5.32 Å². The minimum Gasteiger partial charge on any atom is -0.486 e. The number of nitrogens with one attached hydrogen (secondary N) is 1. The van der Waals surface area contributed by atoms with E-state index in [1.807, 2.05) is 0 Å². The lowest BCUT2D eigenvalue weighted by atomic mass is 9.96. The first-order valence-corrected chi connectivity index (χ1v) is 6.64. The van der Waals surface area contributed by atoms with Gasteiger partial charge in [0, 0.05) is 11.9 Å². The molecule has 0 radical (unpaired) electrons. The maximum atomic E-state index is 6.29. The van der Waals surface area contributed by atoms with E-state index < -0.39 is 0 Å². The normalized spacial score (nSPS) is 24.1. The fourth-order valence-electron chi connectivity index (χ4n) is 2.67. The van der Waals surface area contributed by atoms with Crippen LogP contribution in [0.15, 0.2) is 42.5 Å². The first kappa shape index (κ1) is 11.5. The summed E-state index contributed by atoms with van der Waals surface area (Å²) in [5.41, 5.74) is -0.0810. The van der Waals surface area contributed by atoms with Gasteiger partial charge in [0.1, 0.15) is 11.4 Å². The molecule has 1 unspecified atom stereocenters. The average molecular weight is 241 g/mol. The molecule has 1 fully saturated rings. The molecular weight excluding hydrogens is 222 g/mol.